The van der Waals surface area contributed by atoms with E-state index >= 15 is 0 Å². The van der Waals surface area contributed by atoms with Crippen molar-refractivity contribution in [1.82, 2.24) is 4.98 Å². The summed E-state index contributed by atoms with van der Waals surface area (Å²) in [6.45, 7) is 1.96. The number of fused-ring (bicyclic) bond motifs is 1. The van der Waals surface area contributed by atoms with Crippen molar-refractivity contribution < 1.29 is 14.6 Å². The summed E-state index contributed by atoms with van der Waals surface area (Å²) in [5.74, 6) is -0.628. The van der Waals surface area contributed by atoms with Gasteiger partial charge in [-0.2, -0.15) is 0 Å². The minimum atomic E-state index is -1.25. The van der Waals surface area contributed by atoms with Gasteiger partial charge in [0.15, 0.2) is 6.10 Å². The topological polar surface area (TPSA) is 62.3 Å². The van der Waals surface area contributed by atoms with Gasteiger partial charge in [-0.05, 0) is 19.1 Å². The average molecular weight is 298 g/mol. The van der Waals surface area contributed by atoms with Crippen LogP contribution >= 0.6 is 15.9 Å². The van der Waals surface area contributed by atoms with E-state index in [0.29, 0.717) is 5.56 Å². The van der Waals surface area contributed by atoms with E-state index in [1.807, 2.05) is 18.2 Å². The quantitative estimate of drug-likeness (QED) is 0.856. The van der Waals surface area contributed by atoms with Gasteiger partial charge in [0.1, 0.15) is 0 Å². The third-order valence-electron chi connectivity index (χ3n) is 2.48. The van der Waals surface area contributed by atoms with E-state index in [-0.39, 0.29) is 6.61 Å². The molecule has 1 heterocycles. The molecule has 4 nitrogen and oxygen atoms in total. The first-order valence-corrected chi connectivity index (χ1v) is 6.04. The molecule has 1 atom stereocenters. The number of aliphatic hydroxyl groups is 1. The molecule has 90 valence electrons. The fourth-order valence-corrected chi connectivity index (χ4v) is 2.06. The van der Waals surface area contributed by atoms with Gasteiger partial charge in [0.25, 0.3) is 0 Å². The lowest BCUT2D eigenvalue weighted by Gasteiger charge is -2.08. The number of aliphatic hydroxyl groups excluding tert-OH is 1. The molecule has 2 N–H and O–H groups in total. The molecule has 0 aliphatic rings. The van der Waals surface area contributed by atoms with Crippen LogP contribution in [0.4, 0.5) is 0 Å². The number of hydrogen-bond donors (Lipinski definition) is 2. The molecule has 0 aliphatic heterocycles. The normalized spacial score (nSPS) is 12.6. The summed E-state index contributed by atoms with van der Waals surface area (Å²) in [6.07, 6.45) is 0.378. The van der Waals surface area contributed by atoms with E-state index in [4.69, 9.17) is 4.74 Å². The van der Waals surface area contributed by atoms with Gasteiger partial charge in [0.2, 0.25) is 0 Å². The van der Waals surface area contributed by atoms with E-state index in [0.717, 1.165) is 15.4 Å². The van der Waals surface area contributed by atoms with E-state index in [9.17, 15) is 9.90 Å². The van der Waals surface area contributed by atoms with Crippen LogP contribution in [0.15, 0.2) is 28.9 Å². The maximum absolute atomic E-state index is 11.5. The largest absolute Gasteiger partial charge is 0.464 e. The molecule has 0 spiro atoms. The summed E-state index contributed by atoms with van der Waals surface area (Å²) in [5.41, 5.74) is 1.39. The Hall–Kier alpha value is -1.33. The highest BCUT2D eigenvalue weighted by Gasteiger charge is 2.21. The Bertz CT molecular complexity index is 550. The number of ether oxygens (including phenoxy) is 1. The molecule has 17 heavy (non-hydrogen) atoms. The Morgan fingerprint density at radius 1 is 1.59 bits per heavy atom. The third-order valence-corrected chi connectivity index (χ3v) is 2.97. The number of hydrogen-bond acceptors (Lipinski definition) is 3. The summed E-state index contributed by atoms with van der Waals surface area (Å²) in [7, 11) is 0. The molecule has 0 aliphatic carbocycles. The lowest BCUT2D eigenvalue weighted by atomic mass is 10.1. The Balaban J connectivity index is 2.39. The SMILES string of the molecule is CCOC(=O)[C@H](O)c1c[nH]c2cc(Br)ccc12. The molecule has 2 aromatic rings. The molecule has 0 radical (unpaired) electrons. The van der Waals surface area contributed by atoms with Gasteiger partial charge in [-0.25, -0.2) is 4.79 Å². The van der Waals surface area contributed by atoms with Gasteiger partial charge in [0.05, 0.1) is 6.61 Å². The molecule has 0 amide bonds. The predicted molar refractivity (Wildman–Crippen MR) is 67.6 cm³/mol. The number of aromatic nitrogens is 1. The fourth-order valence-electron chi connectivity index (χ4n) is 1.70. The van der Waals surface area contributed by atoms with Crippen molar-refractivity contribution >= 4 is 32.8 Å². The van der Waals surface area contributed by atoms with Gasteiger partial charge in [-0.3, -0.25) is 0 Å². The molecular formula is C12H12BrNO3. The number of carbonyl (C=O) groups is 1. The second-order valence-electron chi connectivity index (χ2n) is 3.59. The van der Waals surface area contributed by atoms with Crippen molar-refractivity contribution in [2.75, 3.05) is 6.61 Å². The van der Waals surface area contributed by atoms with Crippen molar-refractivity contribution in [1.29, 1.82) is 0 Å². The number of H-pyrrole nitrogens is 1. The minimum absolute atomic E-state index is 0.254. The van der Waals surface area contributed by atoms with Crippen LogP contribution in [0.2, 0.25) is 0 Å². The van der Waals surface area contributed by atoms with Crippen molar-refractivity contribution in [3.05, 3.63) is 34.4 Å². The van der Waals surface area contributed by atoms with Crippen LogP contribution in [0.3, 0.4) is 0 Å². The summed E-state index contributed by atoms with van der Waals surface area (Å²) < 4.78 is 5.72. The summed E-state index contributed by atoms with van der Waals surface area (Å²) in [5, 5.41) is 10.7. The van der Waals surface area contributed by atoms with Gasteiger partial charge < -0.3 is 14.8 Å². The number of halogens is 1. The van der Waals surface area contributed by atoms with Gasteiger partial charge >= 0.3 is 5.97 Å². The van der Waals surface area contributed by atoms with E-state index in [1.165, 1.54) is 0 Å². The standard InChI is InChI=1S/C12H12BrNO3/c1-2-17-12(16)11(15)9-6-14-10-5-7(13)3-4-8(9)10/h3-6,11,14-15H,2H2,1H3/t11-/m1/s1. The van der Waals surface area contributed by atoms with Crippen LogP contribution in [0, 0.1) is 0 Å². The zero-order chi connectivity index (χ0) is 12.4. The van der Waals surface area contributed by atoms with Crippen molar-refractivity contribution in [2.45, 2.75) is 13.0 Å². The molecule has 0 bridgehead atoms. The Kier molecular flexibility index (Phi) is 3.49. The van der Waals surface area contributed by atoms with Crippen LogP contribution in [0.1, 0.15) is 18.6 Å². The number of rotatable bonds is 3. The second-order valence-corrected chi connectivity index (χ2v) is 4.50. The Morgan fingerprint density at radius 3 is 3.06 bits per heavy atom. The van der Waals surface area contributed by atoms with Crippen LogP contribution in [0.5, 0.6) is 0 Å². The minimum Gasteiger partial charge on any atom is -0.464 e. The Morgan fingerprint density at radius 2 is 2.35 bits per heavy atom. The molecule has 0 fully saturated rings. The summed E-state index contributed by atoms with van der Waals surface area (Å²) >= 11 is 3.36. The molecule has 0 saturated heterocycles. The highest BCUT2D eigenvalue weighted by atomic mass is 79.9. The van der Waals surface area contributed by atoms with E-state index in [2.05, 4.69) is 20.9 Å². The van der Waals surface area contributed by atoms with Crippen LogP contribution < -0.4 is 0 Å². The first-order chi connectivity index (χ1) is 8.13. The zero-order valence-corrected chi connectivity index (χ0v) is 10.8. The number of nitrogens with one attached hydrogen (secondary N) is 1. The van der Waals surface area contributed by atoms with Gasteiger partial charge in [-0.15, -0.1) is 0 Å². The molecule has 1 aromatic carbocycles. The fraction of sp³-hybridized carbons (Fsp3) is 0.250. The molecule has 0 unspecified atom stereocenters. The number of carbonyl (C=O) groups excluding carboxylic acids is 1. The second kappa shape index (κ2) is 4.89. The predicted octanol–water partition coefficient (Wildman–Crippen LogP) is 2.53. The van der Waals surface area contributed by atoms with E-state index in [1.54, 1.807) is 13.1 Å². The monoisotopic (exact) mass is 297 g/mol. The lowest BCUT2D eigenvalue weighted by Crippen LogP contribution is -2.14. The van der Waals surface area contributed by atoms with Crippen molar-refractivity contribution in [3.63, 3.8) is 0 Å². The lowest BCUT2D eigenvalue weighted by molar-refractivity contribution is -0.153. The molecule has 5 heteroatoms. The number of esters is 1. The molecular weight excluding hydrogens is 286 g/mol. The molecule has 0 saturated carbocycles. The van der Waals surface area contributed by atoms with Crippen molar-refractivity contribution in [3.8, 4) is 0 Å². The molecule has 1 aromatic heterocycles. The van der Waals surface area contributed by atoms with Gasteiger partial charge in [0, 0.05) is 27.1 Å². The third kappa shape index (κ3) is 2.35. The highest BCUT2D eigenvalue weighted by molar-refractivity contribution is 9.10. The van der Waals surface area contributed by atoms with Crippen molar-refractivity contribution in [2.24, 2.45) is 0 Å². The first kappa shape index (κ1) is 12.1. The van der Waals surface area contributed by atoms with E-state index < -0.39 is 12.1 Å². The van der Waals surface area contributed by atoms with Crippen LogP contribution in [-0.4, -0.2) is 22.7 Å². The number of aromatic amines is 1. The smallest absolute Gasteiger partial charge is 0.339 e. The maximum atomic E-state index is 11.5. The zero-order valence-electron chi connectivity index (χ0n) is 9.24. The summed E-state index contributed by atoms with van der Waals surface area (Å²) in [4.78, 5) is 14.5. The van der Waals surface area contributed by atoms with Crippen LogP contribution in [-0.2, 0) is 9.53 Å². The van der Waals surface area contributed by atoms with Crippen LogP contribution in [0.25, 0.3) is 10.9 Å². The highest BCUT2D eigenvalue weighted by Crippen LogP contribution is 2.27. The maximum Gasteiger partial charge on any atom is 0.339 e. The number of benzene rings is 1. The molecule has 2 rings (SSSR count). The first-order valence-electron chi connectivity index (χ1n) is 5.24. The summed E-state index contributed by atoms with van der Waals surface area (Å²) in [6, 6.07) is 5.59. The van der Waals surface area contributed by atoms with Gasteiger partial charge in [-0.1, -0.05) is 22.0 Å². The Labute approximate surface area is 107 Å². The average Bonchev–Trinajstić information content (AvgIpc) is 2.71.